The van der Waals surface area contributed by atoms with Crippen molar-refractivity contribution in [3.05, 3.63) is 230 Å². The monoisotopic (exact) mass is 732 g/mol. The lowest BCUT2D eigenvalue weighted by molar-refractivity contribution is 0.525. The van der Waals surface area contributed by atoms with Crippen molar-refractivity contribution in [2.75, 3.05) is 4.90 Å². The van der Waals surface area contributed by atoms with Crippen LogP contribution in [0.5, 0.6) is 0 Å². The molecule has 2 unspecified atom stereocenters. The van der Waals surface area contributed by atoms with E-state index in [-0.39, 0.29) is 11.3 Å². The molecule has 0 amide bonds. The Hall–Kier alpha value is -7.23. The molecular weight excluding hydrogens is 693 g/mol. The molecule has 0 aliphatic heterocycles. The second-order valence-corrected chi connectivity index (χ2v) is 14.9. The number of hydrogen-bond donors (Lipinski definition) is 0. The van der Waals surface area contributed by atoms with Gasteiger partial charge >= 0.3 is 0 Å². The maximum absolute atomic E-state index is 6.09. The second-order valence-electron chi connectivity index (χ2n) is 14.9. The van der Waals surface area contributed by atoms with E-state index in [9.17, 15) is 0 Å². The van der Waals surface area contributed by atoms with Crippen LogP contribution in [0.2, 0.25) is 0 Å². The van der Waals surface area contributed by atoms with Crippen molar-refractivity contribution in [2.45, 2.75) is 18.3 Å². The van der Waals surface area contributed by atoms with E-state index in [1.54, 1.807) is 0 Å². The Balaban J connectivity index is 0.968. The highest BCUT2D eigenvalue weighted by molar-refractivity contribution is 5.97. The second kappa shape index (κ2) is 14.4. The molecule has 57 heavy (non-hydrogen) atoms. The molecule has 1 aliphatic carbocycles. The first-order valence-electron chi connectivity index (χ1n) is 19.6. The van der Waals surface area contributed by atoms with Crippen LogP contribution in [0.1, 0.15) is 24.0 Å². The predicted octanol–water partition coefficient (Wildman–Crippen LogP) is 14.6. The third-order valence-corrected chi connectivity index (χ3v) is 11.5. The zero-order chi connectivity index (χ0) is 38.2. The fourth-order valence-corrected chi connectivity index (χ4v) is 8.52. The first-order valence-corrected chi connectivity index (χ1v) is 19.6. The molecular formula is C54H40N2O. The van der Waals surface area contributed by atoms with E-state index in [0.29, 0.717) is 5.89 Å². The summed E-state index contributed by atoms with van der Waals surface area (Å²) in [5.74, 6) is 0.760. The highest BCUT2D eigenvalue weighted by atomic mass is 16.3. The van der Waals surface area contributed by atoms with Crippen LogP contribution in [0.25, 0.3) is 55.6 Å². The summed E-state index contributed by atoms with van der Waals surface area (Å²) in [6, 6.07) is 69.2. The zero-order valence-electron chi connectivity index (χ0n) is 31.7. The molecule has 0 radical (unpaired) electrons. The van der Waals surface area contributed by atoms with Crippen molar-refractivity contribution in [3.8, 4) is 33.7 Å². The molecule has 9 aromatic rings. The van der Waals surface area contributed by atoms with E-state index < -0.39 is 0 Å². The van der Waals surface area contributed by atoms with E-state index in [2.05, 4.69) is 206 Å². The summed E-state index contributed by atoms with van der Waals surface area (Å²) in [6.07, 6.45) is 9.05. The molecule has 0 saturated carbocycles. The lowest BCUT2D eigenvalue weighted by atomic mass is 9.66. The molecule has 10 rings (SSSR count). The number of anilines is 3. The third kappa shape index (κ3) is 6.33. The largest absolute Gasteiger partial charge is 0.436 e. The fraction of sp³-hybridized carbons (Fsp3) is 0.0556. The van der Waals surface area contributed by atoms with Gasteiger partial charge in [-0.2, -0.15) is 0 Å². The number of rotatable bonds is 8. The van der Waals surface area contributed by atoms with Crippen LogP contribution in [0.15, 0.2) is 223 Å². The van der Waals surface area contributed by atoms with E-state index in [1.807, 2.05) is 24.3 Å². The van der Waals surface area contributed by atoms with Crippen LogP contribution in [-0.2, 0) is 5.41 Å². The van der Waals surface area contributed by atoms with E-state index in [0.717, 1.165) is 33.7 Å². The van der Waals surface area contributed by atoms with Gasteiger partial charge in [0.25, 0.3) is 0 Å². The summed E-state index contributed by atoms with van der Waals surface area (Å²) in [4.78, 5) is 7.06. The number of aromatic nitrogens is 1. The normalized spacial score (nSPS) is 16.3. The topological polar surface area (TPSA) is 29.3 Å². The maximum atomic E-state index is 6.09. The molecule has 272 valence electrons. The Morgan fingerprint density at radius 3 is 1.88 bits per heavy atom. The van der Waals surface area contributed by atoms with Gasteiger partial charge in [0.2, 0.25) is 5.89 Å². The summed E-state index contributed by atoms with van der Waals surface area (Å²) in [6.45, 7) is 2.34. The highest BCUT2D eigenvalue weighted by Crippen LogP contribution is 2.47. The summed E-state index contributed by atoms with van der Waals surface area (Å²) >= 11 is 0. The minimum absolute atomic E-state index is 0.120. The van der Waals surface area contributed by atoms with Gasteiger partial charge < -0.3 is 9.32 Å². The van der Waals surface area contributed by atoms with E-state index in [4.69, 9.17) is 9.40 Å². The van der Waals surface area contributed by atoms with Crippen LogP contribution in [-0.4, -0.2) is 4.98 Å². The molecule has 8 aromatic carbocycles. The summed E-state index contributed by atoms with van der Waals surface area (Å²) in [5, 5.41) is 2.51. The van der Waals surface area contributed by atoms with Gasteiger partial charge in [0.1, 0.15) is 5.52 Å². The summed E-state index contributed by atoms with van der Waals surface area (Å²) < 4.78 is 6.09. The SMILES string of the molecule is CC1(c2ccc(-c3nc4ccccc4o3)cc2)C=CC=CC1c1ccccc1-c1ccc(N(c2ccccc2)c2ccc(-c3cccc4ccccc34)cc2)cc1. The van der Waals surface area contributed by atoms with Gasteiger partial charge in [0.05, 0.1) is 0 Å². The number of allylic oxidation sites excluding steroid dienone is 4. The molecule has 1 aliphatic rings. The van der Waals surface area contributed by atoms with Crippen LogP contribution in [0.3, 0.4) is 0 Å². The average molecular weight is 733 g/mol. The quantitative estimate of drug-likeness (QED) is 0.156. The van der Waals surface area contributed by atoms with Crippen molar-refractivity contribution in [1.29, 1.82) is 0 Å². The van der Waals surface area contributed by atoms with Gasteiger partial charge in [0, 0.05) is 34.0 Å². The van der Waals surface area contributed by atoms with Gasteiger partial charge in [-0.05, 0) is 105 Å². The summed E-state index contributed by atoms with van der Waals surface area (Å²) in [7, 11) is 0. The Bertz CT molecular complexity index is 2870. The van der Waals surface area contributed by atoms with Gasteiger partial charge in [-0.15, -0.1) is 0 Å². The molecule has 1 heterocycles. The lowest BCUT2D eigenvalue weighted by Gasteiger charge is -2.37. The van der Waals surface area contributed by atoms with Crippen LogP contribution in [0, 0.1) is 0 Å². The number of fused-ring (bicyclic) bond motifs is 2. The van der Waals surface area contributed by atoms with E-state index in [1.165, 1.54) is 44.2 Å². The molecule has 3 heteroatoms. The Morgan fingerprint density at radius 1 is 0.509 bits per heavy atom. The minimum atomic E-state index is -0.271. The van der Waals surface area contributed by atoms with Crippen LogP contribution >= 0.6 is 0 Å². The smallest absolute Gasteiger partial charge is 0.227 e. The van der Waals surface area contributed by atoms with E-state index >= 15 is 0 Å². The average Bonchev–Trinajstić information content (AvgIpc) is 3.72. The summed E-state index contributed by atoms with van der Waals surface area (Å²) in [5.41, 5.74) is 13.1. The Kier molecular flexibility index (Phi) is 8.69. The maximum Gasteiger partial charge on any atom is 0.227 e. The van der Waals surface area contributed by atoms with Gasteiger partial charge in [-0.3, -0.25) is 0 Å². The fourth-order valence-electron chi connectivity index (χ4n) is 8.52. The molecule has 0 N–H and O–H groups in total. The molecule has 2 atom stereocenters. The van der Waals surface area contributed by atoms with Crippen molar-refractivity contribution in [3.63, 3.8) is 0 Å². The number of hydrogen-bond acceptors (Lipinski definition) is 3. The number of para-hydroxylation sites is 3. The first-order chi connectivity index (χ1) is 28.1. The van der Waals surface area contributed by atoms with Gasteiger partial charge in [-0.1, -0.05) is 165 Å². The Labute approximate surface area is 333 Å². The minimum Gasteiger partial charge on any atom is -0.436 e. The molecule has 0 fully saturated rings. The Morgan fingerprint density at radius 2 is 1.11 bits per heavy atom. The lowest BCUT2D eigenvalue weighted by Crippen LogP contribution is -2.29. The number of oxazole rings is 1. The predicted molar refractivity (Wildman–Crippen MR) is 237 cm³/mol. The van der Waals surface area contributed by atoms with Crippen molar-refractivity contribution < 1.29 is 4.42 Å². The van der Waals surface area contributed by atoms with Gasteiger partial charge in [-0.25, -0.2) is 4.98 Å². The zero-order valence-corrected chi connectivity index (χ0v) is 31.7. The van der Waals surface area contributed by atoms with Crippen LogP contribution in [0.4, 0.5) is 17.1 Å². The standard InChI is InChI=1S/C54H40N2O/c1-54(42-31-25-41(26-32-42)53-55-51-23-9-10-24-52(51)57-53)37-12-11-22-50(54)49-20-8-7-19-48(49)40-29-35-45(36-30-40)56(43-16-3-2-4-17-43)44-33-27-39(28-34-44)47-21-13-15-38-14-5-6-18-46(38)47/h2-37,50H,1H3. The molecule has 0 saturated heterocycles. The molecule has 0 bridgehead atoms. The van der Waals surface area contributed by atoms with Crippen molar-refractivity contribution in [1.82, 2.24) is 4.98 Å². The highest BCUT2D eigenvalue weighted by Gasteiger charge is 2.36. The molecule has 1 aromatic heterocycles. The molecule has 3 nitrogen and oxygen atoms in total. The number of nitrogens with zero attached hydrogens (tertiary/aromatic N) is 2. The first kappa shape index (κ1) is 34.3. The van der Waals surface area contributed by atoms with Crippen molar-refractivity contribution in [2.24, 2.45) is 0 Å². The number of benzene rings is 8. The third-order valence-electron chi connectivity index (χ3n) is 11.5. The van der Waals surface area contributed by atoms with Crippen molar-refractivity contribution >= 4 is 38.9 Å². The molecule has 0 spiro atoms. The van der Waals surface area contributed by atoms with Crippen LogP contribution < -0.4 is 4.90 Å². The van der Waals surface area contributed by atoms with Gasteiger partial charge in [0.15, 0.2) is 5.58 Å².